The third kappa shape index (κ3) is 1.35. The maximum absolute atomic E-state index is 4.85. The molecule has 0 aromatic rings. The summed E-state index contributed by atoms with van der Waals surface area (Å²) in [5.41, 5.74) is 1.05. The van der Waals surface area contributed by atoms with Gasteiger partial charge in [0.15, 0.2) is 0 Å². The van der Waals surface area contributed by atoms with Gasteiger partial charge >= 0.3 is 0 Å². The van der Waals surface area contributed by atoms with Crippen LogP contribution < -0.4 is 0 Å². The van der Waals surface area contributed by atoms with Gasteiger partial charge in [-0.3, -0.25) is 0 Å². The summed E-state index contributed by atoms with van der Waals surface area (Å²) in [4.78, 5) is 0. The molecule has 0 aromatic carbocycles. The fourth-order valence-corrected chi connectivity index (χ4v) is 6.26. The lowest BCUT2D eigenvalue weighted by molar-refractivity contribution is -0.0548. The standard InChI is InChI=1S/C16H28N/c1-10(2)11-9-16(4)13-6-7-15(3,8-12(11)13)14(16)17-5/h10-14H,6-9H2,1-5H3/q-1/t11-,12+,13+,14-,15-,16-/m1/s1. The Kier molecular flexibility index (Phi) is 2.47. The molecule has 0 aromatic heterocycles. The number of hydrogen-bond acceptors (Lipinski definition) is 0. The van der Waals surface area contributed by atoms with E-state index < -0.39 is 0 Å². The summed E-state index contributed by atoms with van der Waals surface area (Å²) in [6, 6.07) is 0.633. The molecule has 0 unspecified atom stereocenters. The van der Waals surface area contributed by atoms with Crippen molar-refractivity contribution in [2.24, 2.45) is 34.5 Å². The molecule has 0 saturated heterocycles. The lowest BCUT2D eigenvalue weighted by Gasteiger charge is -2.65. The number of rotatable bonds is 2. The molecule has 4 aliphatic carbocycles. The average molecular weight is 234 g/mol. The van der Waals surface area contributed by atoms with E-state index in [9.17, 15) is 0 Å². The zero-order chi connectivity index (χ0) is 12.4. The molecule has 0 heterocycles. The first-order valence-corrected chi connectivity index (χ1v) is 7.51. The van der Waals surface area contributed by atoms with Gasteiger partial charge in [0, 0.05) is 0 Å². The molecule has 1 nitrogen and oxygen atoms in total. The van der Waals surface area contributed by atoms with Crippen molar-refractivity contribution >= 4 is 0 Å². The van der Waals surface area contributed by atoms with E-state index in [1.165, 1.54) is 25.7 Å². The minimum atomic E-state index is 0.520. The molecular formula is C16H28N-. The molecule has 4 saturated carbocycles. The van der Waals surface area contributed by atoms with E-state index in [2.05, 4.69) is 34.7 Å². The number of nitrogens with zero attached hydrogens (tertiary/aromatic N) is 1. The van der Waals surface area contributed by atoms with E-state index in [-0.39, 0.29) is 0 Å². The van der Waals surface area contributed by atoms with Gasteiger partial charge in [-0.05, 0) is 60.2 Å². The molecule has 1 heteroatoms. The molecule has 0 aliphatic heterocycles. The van der Waals surface area contributed by atoms with Gasteiger partial charge in [-0.15, -0.1) is 6.04 Å². The van der Waals surface area contributed by atoms with E-state index in [4.69, 9.17) is 5.32 Å². The Morgan fingerprint density at radius 2 is 1.88 bits per heavy atom. The van der Waals surface area contributed by atoms with Gasteiger partial charge in [-0.1, -0.05) is 27.7 Å². The summed E-state index contributed by atoms with van der Waals surface area (Å²) in [6.45, 7) is 9.95. The van der Waals surface area contributed by atoms with Crippen molar-refractivity contribution < 1.29 is 0 Å². The molecule has 6 atom stereocenters. The van der Waals surface area contributed by atoms with Crippen LogP contribution in [0.1, 0.15) is 53.4 Å². The van der Waals surface area contributed by atoms with E-state index in [1.54, 1.807) is 0 Å². The minimum absolute atomic E-state index is 0.520. The Morgan fingerprint density at radius 3 is 2.47 bits per heavy atom. The minimum Gasteiger partial charge on any atom is -0.661 e. The summed E-state index contributed by atoms with van der Waals surface area (Å²) < 4.78 is 0. The van der Waals surface area contributed by atoms with E-state index in [1.807, 2.05) is 0 Å². The third-order valence-electron chi connectivity index (χ3n) is 6.72. The molecule has 4 bridgehead atoms. The van der Waals surface area contributed by atoms with Crippen LogP contribution in [-0.4, -0.2) is 13.1 Å². The quantitative estimate of drug-likeness (QED) is 0.669. The fourth-order valence-electron chi connectivity index (χ4n) is 6.26. The van der Waals surface area contributed by atoms with Gasteiger partial charge in [-0.25, -0.2) is 0 Å². The topological polar surface area (TPSA) is 14.1 Å². The van der Waals surface area contributed by atoms with Crippen molar-refractivity contribution in [1.82, 2.24) is 0 Å². The van der Waals surface area contributed by atoms with Crippen LogP contribution in [0.3, 0.4) is 0 Å². The predicted octanol–water partition coefficient (Wildman–Crippen LogP) is 4.48. The van der Waals surface area contributed by atoms with Gasteiger partial charge in [0.1, 0.15) is 0 Å². The van der Waals surface area contributed by atoms with Crippen LogP contribution in [0, 0.1) is 34.5 Å². The summed E-state index contributed by atoms with van der Waals surface area (Å²) in [5, 5.41) is 4.85. The smallest absolute Gasteiger partial charge is 0.0342 e. The lowest BCUT2D eigenvalue weighted by atomic mass is 9.48. The van der Waals surface area contributed by atoms with Crippen LogP contribution >= 0.6 is 0 Å². The molecule has 4 aliphatic rings. The highest BCUT2D eigenvalue weighted by atomic mass is 15.0. The maximum atomic E-state index is 4.85. The van der Waals surface area contributed by atoms with Crippen LogP contribution in [0.2, 0.25) is 0 Å². The Balaban J connectivity index is 2.01. The lowest BCUT2D eigenvalue weighted by Crippen LogP contribution is -2.56. The van der Waals surface area contributed by atoms with Crippen LogP contribution in [0.15, 0.2) is 0 Å². The Bertz CT molecular complexity index is 323. The SMILES string of the molecule is C[N-][C@@H]1[C@]2(C)CC[C@H]3[C@@H](C2)[C@@H](C(C)C)C[C@@]13C. The second-order valence-corrected chi connectivity index (χ2v) is 7.95. The highest BCUT2D eigenvalue weighted by Crippen LogP contribution is 2.71. The molecule has 4 fully saturated rings. The van der Waals surface area contributed by atoms with Crippen molar-refractivity contribution in [3.8, 4) is 0 Å². The summed E-state index contributed by atoms with van der Waals surface area (Å²) in [5.74, 6) is 3.82. The largest absolute Gasteiger partial charge is 0.661 e. The second kappa shape index (κ2) is 3.50. The second-order valence-electron chi connectivity index (χ2n) is 7.95. The molecule has 0 radical (unpaired) electrons. The first kappa shape index (κ1) is 12.0. The van der Waals surface area contributed by atoms with Gasteiger partial charge in [0.2, 0.25) is 0 Å². The van der Waals surface area contributed by atoms with E-state index >= 15 is 0 Å². The van der Waals surface area contributed by atoms with Crippen molar-refractivity contribution in [2.75, 3.05) is 7.05 Å². The van der Waals surface area contributed by atoms with Crippen molar-refractivity contribution in [3.05, 3.63) is 5.32 Å². The zero-order valence-electron chi connectivity index (χ0n) is 12.2. The Hall–Kier alpha value is -0.0400. The Morgan fingerprint density at radius 1 is 1.18 bits per heavy atom. The zero-order valence-corrected chi connectivity index (χ0v) is 12.2. The van der Waals surface area contributed by atoms with Gasteiger partial charge in [0.25, 0.3) is 0 Å². The van der Waals surface area contributed by atoms with Gasteiger partial charge in [-0.2, -0.15) is 7.05 Å². The summed E-state index contributed by atoms with van der Waals surface area (Å²) >= 11 is 0. The molecule has 0 amide bonds. The molecular weight excluding hydrogens is 206 g/mol. The third-order valence-corrected chi connectivity index (χ3v) is 6.72. The van der Waals surface area contributed by atoms with Gasteiger partial charge < -0.3 is 5.32 Å². The molecule has 4 rings (SSSR count). The first-order valence-electron chi connectivity index (χ1n) is 7.51. The fraction of sp³-hybridized carbons (Fsp3) is 1.00. The number of hydrogen-bond donors (Lipinski definition) is 0. The van der Waals surface area contributed by atoms with Crippen LogP contribution in [0.5, 0.6) is 0 Å². The monoisotopic (exact) mass is 234 g/mol. The molecule has 98 valence electrons. The highest BCUT2D eigenvalue weighted by molar-refractivity contribution is 5.22. The van der Waals surface area contributed by atoms with Crippen molar-refractivity contribution in [1.29, 1.82) is 0 Å². The maximum Gasteiger partial charge on any atom is -0.0342 e. The van der Waals surface area contributed by atoms with Crippen LogP contribution in [-0.2, 0) is 0 Å². The van der Waals surface area contributed by atoms with Crippen molar-refractivity contribution in [2.45, 2.75) is 59.4 Å². The normalized spacial score (nSPS) is 56.8. The van der Waals surface area contributed by atoms with E-state index in [0.717, 1.165) is 23.7 Å². The highest BCUT2D eigenvalue weighted by Gasteiger charge is 2.62. The van der Waals surface area contributed by atoms with Crippen LogP contribution in [0.25, 0.3) is 5.32 Å². The van der Waals surface area contributed by atoms with E-state index in [0.29, 0.717) is 16.9 Å². The predicted molar refractivity (Wildman–Crippen MR) is 73.1 cm³/mol. The summed E-state index contributed by atoms with van der Waals surface area (Å²) in [7, 11) is 2.07. The summed E-state index contributed by atoms with van der Waals surface area (Å²) in [6.07, 6.45) is 5.80. The molecule has 0 N–H and O–H groups in total. The van der Waals surface area contributed by atoms with Crippen LogP contribution in [0.4, 0.5) is 0 Å². The van der Waals surface area contributed by atoms with Crippen molar-refractivity contribution in [3.63, 3.8) is 0 Å². The Labute approximate surface area is 107 Å². The first-order chi connectivity index (χ1) is 7.92. The molecule has 17 heavy (non-hydrogen) atoms. The van der Waals surface area contributed by atoms with Gasteiger partial charge in [0.05, 0.1) is 0 Å². The molecule has 0 spiro atoms. The number of fused-ring (bicyclic) bond motifs is 1. The average Bonchev–Trinajstić information content (AvgIpc) is 2.48.